The van der Waals surface area contributed by atoms with Crippen LogP contribution in [0.3, 0.4) is 0 Å². The Morgan fingerprint density at radius 1 is 1.25 bits per heavy atom. The summed E-state index contributed by atoms with van der Waals surface area (Å²) in [4.78, 5) is 0. The average molecular weight is 275 g/mol. The van der Waals surface area contributed by atoms with Gasteiger partial charge in [0.25, 0.3) is 0 Å². The van der Waals surface area contributed by atoms with Crippen LogP contribution in [0.2, 0.25) is 0 Å². The van der Waals surface area contributed by atoms with E-state index >= 15 is 0 Å². The fourth-order valence-electron chi connectivity index (χ4n) is 2.10. The van der Waals surface area contributed by atoms with Crippen molar-refractivity contribution >= 4 is 5.69 Å². The lowest BCUT2D eigenvalue weighted by atomic mass is 10.2. The van der Waals surface area contributed by atoms with Gasteiger partial charge in [-0.25, -0.2) is 0 Å². The van der Waals surface area contributed by atoms with Gasteiger partial charge in [-0.3, -0.25) is 5.10 Å². The first-order valence-corrected chi connectivity index (χ1v) is 6.70. The lowest BCUT2D eigenvalue weighted by molar-refractivity contribution is 0.310. The fourth-order valence-corrected chi connectivity index (χ4v) is 2.10. The second-order valence-electron chi connectivity index (χ2n) is 4.58. The van der Waals surface area contributed by atoms with Crippen LogP contribution in [0.1, 0.15) is 23.9 Å². The van der Waals surface area contributed by atoms with Gasteiger partial charge in [-0.2, -0.15) is 5.10 Å². The van der Waals surface area contributed by atoms with Crippen LogP contribution in [-0.4, -0.2) is 23.9 Å². The van der Waals surface area contributed by atoms with Gasteiger partial charge in [-0.05, 0) is 38.5 Å². The van der Waals surface area contributed by atoms with Crippen molar-refractivity contribution in [3.63, 3.8) is 0 Å². The van der Waals surface area contributed by atoms with E-state index in [0.29, 0.717) is 13.2 Å². The van der Waals surface area contributed by atoms with Crippen LogP contribution < -0.4 is 14.8 Å². The number of ether oxygens (including phenoxy) is 2. The monoisotopic (exact) mass is 275 g/mol. The van der Waals surface area contributed by atoms with Crippen LogP contribution in [0.4, 0.5) is 5.69 Å². The Balaban J connectivity index is 2.12. The van der Waals surface area contributed by atoms with Crippen LogP contribution in [-0.2, 0) is 6.54 Å². The van der Waals surface area contributed by atoms with Gasteiger partial charge in [-0.1, -0.05) is 6.07 Å². The van der Waals surface area contributed by atoms with Crippen molar-refractivity contribution in [3.05, 3.63) is 35.2 Å². The molecule has 1 aromatic carbocycles. The van der Waals surface area contributed by atoms with Crippen molar-refractivity contribution < 1.29 is 9.47 Å². The number of H-pyrrole nitrogens is 1. The zero-order chi connectivity index (χ0) is 14.5. The van der Waals surface area contributed by atoms with E-state index in [0.717, 1.165) is 34.1 Å². The summed E-state index contributed by atoms with van der Waals surface area (Å²) in [5, 5.41) is 10.5. The molecule has 5 nitrogen and oxygen atoms in total. The lowest BCUT2D eigenvalue weighted by Crippen LogP contribution is -2.02. The summed E-state index contributed by atoms with van der Waals surface area (Å²) >= 11 is 0. The highest BCUT2D eigenvalue weighted by atomic mass is 16.5. The first-order chi connectivity index (χ1) is 9.65. The number of rotatable bonds is 6. The molecule has 0 aliphatic carbocycles. The predicted octanol–water partition coefficient (Wildman–Crippen LogP) is 3.05. The lowest BCUT2D eigenvalue weighted by Gasteiger charge is -2.12. The number of methoxy groups -OCH3 is 1. The largest absolute Gasteiger partial charge is 0.493 e. The maximum Gasteiger partial charge on any atom is 0.161 e. The van der Waals surface area contributed by atoms with Gasteiger partial charge < -0.3 is 14.8 Å². The van der Waals surface area contributed by atoms with Gasteiger partial charge >= 0.3 is 0 Å². The molecule has 0 spiro atoms. The molecule has 5 heteroatoms. The normalized spacial score (nSPS) is 10.4. The molecule has 2 N–H and O–H groups in total. The molecule has 0 fully saturated rings. The molecule has 20 heavy (non-hydrogen) atoms. The molecule has 0 unspecified atom stereocenters. The SMILES string of the molecule is CCOc1cc(CNc2c(C)n[nH]c2C)ccc1OC. The number of aromatic nitrogens is 2. The van der Waals surface area contributed by atoms with Crippen molar-refractivity contribution in [1.82, 2.24) is 10.2 Å². The second-order valence-corrected chi connectivity index (χ2v) is 4.58. The third-order valence-electron chi connectivity index (χ3n) is 3.13. The first-order valence-electron chi connectivity index (χ1n) is 6.70. The zero-order valence-corrected chi connectivity index (χ0v) is 12.4. The molecule has 0 saturated carbocycles. The summed E-state index contributed by atoms with van der Waals surface area (Å²) in [5.74, 6) is 1.53. The number of anilines is 1. The van der Waals surface area contributed by atoms with Gasteiger partial charge in [-0.15, -0.1) is 0 Å². The van der Waals surface area contributed by atoms with Crippen molar-refractivity contribution in [1.29, 1.82) is 0 Å². The number of benzene rings is 1. The Morgan fingerprint density at radius 3 is 2.65 bits per heavy atom. The molecular weight excluding hydrogens is 254 g/mol. The number of nitrogens with zero attached hydrogens (tertiary/aromatic N) is 1. The molecule has 108 valence electrons. The van der Waals surface area contributed by atoms with E-state index in [2.05, 4.69) is 15.5 Å². The van der Waals surface area contributed by atoms with Gasteiger partial charge in [0.2, 0.25) is 0 Å². The summed E-state index contributed by atoms with van der Waals surface area (Å²) in [6.45, 7) is 7.27. The van der Waals surface area contributed by atoms with E-state index in [-0.39, 0.29) is 0 Å². The van der Waals surface area contributed by atoms with Gasteiger partial charge in [0.05, 0.1) is 30.8 Å². The van der Waals surface area contributed by atoms with Crippen molar-refractivity contribution in [2.75, 3.05) is 19.0 Å². The van der Waals surface area contributed by atoms with E-state index in [1.807, 2.05) is 39.0 Å². The van der Waals surface area contributed by atoms with Gasteiger partial charge in [0.1, 0.15) is 0 Å². The Kier molecular flexibility index (Phi) is 4.50. The van der Waals surface area contributed by atoms with Crippen molar-refractivity contribution in [2.24, 2.45) is 0 Å². The van der Waals surface area contributed by atoms with E-state index in [4.69, 9.17) is 9.47 Å². The third kappa shape index (κ3) is 3.04. The molecule has 0 atom stereocenters. The van der Waals surface area contributed by atoms with Crippen molar-refractivity contribution in [2.45, 2.75) is 27.3 Å². The van der Waals surface area contributed by atoms with Crippen LogP contribution in [0.25, 0.3) is 0 Å². The van der Waals surface area contributed by atoms with E-state index in [9.17, 15) is 0 Å². The third-order valence-corrected chi connectivity index (χ3v) is 3.13. The molecular formula is C15H21N3O2. The molecule has 0 aliphatic rings. The van der Waals surface area contributed by atoms with Gasteiger partial charge in [0.15, 0.2) is 11.5 Å². The van der Waals surface area contributed by atoms with E-state index in [1.165, 1.54) is 0 Å². The standard InChI is InChI=1S/C15H21N3O2/c1-5-20-14-8-12(6-7-13(14)19-4)9-16-15-10(2)17-18-11(15)3/h6-8,16H,5,9H2,1-4H3,(H,17,18). The molecule has 0 radical (unpaired) electrons. The summed E-state index contributed by atoms with van der Waals surface area (Å²) in [5.41, 5.74) is 4.20. The van der Waals surface area contributed by atoms with Gasteiger partial charge in [0, 0.05) is 6.54 Å². The Labute approximate surface area is 119 Å². The molecule has 0 saturated heterocycles. The number of aryl methyl sites for hydroxylation is 2. The summed E-state index contributed by atoms with van der Waals surface area (Å²) < 4.78 is 10.9. The minimum absolute atomic E-state index is 0.618. The topological polar surface area (TPSA) is 59.2 Å². The maximum atomic E-state index is 5.58. The zero-order valence-electron chi connectivity index (χ0n) is 12.4. The van der Waals surface area contributed by atoms with E-state index < -0.39 is 0 Å². The highest BCUT2D eigenvalue weighted by Gasteiger charge is 2.08. The van der Waals surface area contributed by atoms with Crippen LogP contribution in [0.5, 0.6) is 11.5 Å². The van der Waals surface area contributed by atoms with Crippen LogP contribution in [0.15, 0.2) is 18.2 Å². The quantitative estimate of drug-likeness (QED) is 0.850. The number of hydrogen-bond donors (Lipinski definition) is 2. The number of nitrogens with one attached hydrogen (secondary N) is 2. The smallest absolute Gasteiger partial charge is 0.161 e. The average Bonchev–Trinajstić information content (AvgIpc) is 2.76. The molecule has 0 bridgehead atoms. The number of aromatic amines is 1. The molecule has 2 aromatic rings. The molecule has 2 rings (SSSR count). The second kappa shape index (κ2) is 6.32. The van der Waals surface area contributed by atoms with Crippen LogP contribution in [0, 0.1) is 13.8 Å². The molecule has 1 aromatic heterocycles. The maximum absolute atomic E-state index is 5.58. The first kappa shape index (κ1) is 14.2. The van der Waals surface area contributed by atoms with E-state index in [1.54, 1.807) is 7.11 Å². The Morgan fingerprint density at radius 2 is 2.05 bits per heavy atom. The minimum atomic E-state index is 0.618. The summed E-state index contributed by atoms with van der Waals surface area (Å²) in [6.07, 6.45) is 0. The number of hydrogen-bond acceptors (Lipinski definition) is 4. The summed E-state index contributed by atoms with van der Waals surface area (Å²) in [6, 6.07) is 5.95. The summed E-state index contributed by atoms with van der Waals surface area (Å²) in [7, 11) is 1.65. The highest BCUT2D eigenvalue weighted by molar-refractivity contribution is 5.52. The predicted molar refractivity (Wildman–Crippen MR) is 79.6 cm³/mol. The highest BCUT2D eigenvalue weighted by Crippen LogP contribution is 2.28. The minimum Gasteiger partial charge on any atom is -0.493 e. The van der Waals surface area contributed by atoms with Crippen LogP contribution >= 0.6 is 0 Å². The molecule has 1 heterocycles. The molecule has 0 aliphatic heterocycles. The molecule has 0 amide bonds. The van der Waals surface area contributed by atoms with Crippen molar-refractivity contribution in [3.8, 4) is 11.5 Å². The Bertz CT molecular complexity index is 559. The Hall–Kier alpha value is -2.17. The fraction of sp³-hybridized carbons (Fsp3) is 0.400.